The number of rotatable bonds is 4. The minimum absolute atomic E-state index is 0.247. The van der Waals surface area contributed by atoms with Crippen molar-refractivity contribution in [3.8, 4) is 5.75 Å². The third-order valence-electron chi connectivity index (χ3n) is 2.93. The molecule has 0 heterocycles. The van der Waals surface area contributed by atoms with Crippen LogP contribution in [0.5, 0.6) is 5.75 Å². The van der Waals surface area contributed by atoms with Gasteiger partial charge in [0.2, 0.25) is 0 Å². The molecule has 0 aliphatic heterocycles. The number of phenols is 1. The van der Waals surface area contributed by atoms with Crippen molar-refractivity contribution in [2.24, 2.45) is 5.73 Å². The number of aromatic hydroxyl groups is 1. The predicted molar refractivity (Wildman–Crippen MR) is 73.6 cm³/mol. The molecular weight excluding hydrogens is 259 g/mol. The summed E-state index contributed by atoms with van der Waals surface area (Å²) in [5.74, 6) is -1.77. The maximum atomic E-state index is 13.5. The third kappa shape index (κ3) is 3.13. The van der Waals surface area contributed by atoms with Gasteiger partial charge in [0.1, 0.15) is 17.1 Å². The predicted octanol–water partition coefficient (Wildman–Crippen LogP) is 1.92. The van der Waals surface area contributed by atoms with Gasteiger partial charge in [-0.25, -0.2) is 4.39 Å². The number of phenolic OH excluding ortho intramolecular Hbond substituents is 1. The van der Waals surface area contributed by atoms with E-state index < -0.39 is 11.7 Å². The van der Waals surface area contributed by atoms with Crippen LogP contribution in [-0.4, -0.2) is 11.0 Å². The van der Waals surface area contributed by atoms with Crippen molar-refractivity contribution in [3.05, 3.63) is 65.0 Å². The Balaban J connectivity index is 2.05. The lowest BCUT2D eigenvalue weighted by Crippen LogP contribution is -2.24. The summed E-state index contributed by atoms with van der Waals surface area (Å²) in [5, 5.41) is 12.1. The zero-order valence-electron chi connectivity index (χ0n) is 10.8. The fourth-order valence-electron chi connectivity index (χ4n) is 1.80. The fraction of sp³-hybridized carbons (Fsp3) is 0.133. The monoisotopic (exact) mass is 274 g/mol. The van der Waals surface area contributed by atoms with E-state index in [1.807, 2.05) is 24.3 Å². The van der Waals surface area contributed by atoms with Gasteiger partial charge in [-0.15, -0.1) is 0 Å². The molecule has 0 saturated carbocycles. The van der Waals surface area contributed by atoms with Crippen LogP contribution in [0.25, 0.3) is 0 Å². The molecule has 20 heavy (non-hydrogen) atoms. The molecule has 0 bridgehead atoms. The molecule has 0 aliphatic carbocycles. The molecule has 0 fully saturated rings. The number of hydrogen-bond acceptors (Lipinski definition) is 3. The van der Waals surface area contributed by atoms with Gasteiger partial charge in [-0.1, -0.05) is 30.3 Å². The van der Waals surface area contributed by atoms with Gasteiger partial charge in [0, 0.05) is 13.1 Å². The molecule has 4 nitrogen and oxygen atoms in total. The van der Waals surface area contributed by atoms with E-state index in [1.165, 1.54) is 12.1 Å². The highest BCUT2D eigenvalue weighted by Gasteiger charge is 2.15. The molecule has 5 heteroatoms. The van der Waals surface area contributed by atoms with Crippen molar-refractivity contribution in [1.82, 2.24) is 5.32 Å². The van der Waals surface area contributed by atoms with Crippen LogP contribution in [0.1, 0.15) is 21.5 Å². The molecule has 0 unspecified atom stereocenters. The third-order valence-corrected chi connectivity index (χ3v) is 2.93. The summed E-state index contributed by atoms with van der Waals surface area (Å²) in [6.45, 7) is 0.702. The standard InChI is InChI=1S/C15H15FN2O2/c16-12-2-1-3-13(19)14(12)15(20)18-9-11-6-4-10(8-17)5-7-11/h1-7,19H,8-9,17H2,(H,18,20). The Hall–Kier alpha value is -2.40. The Labute approximate surface area is 116 Å². The quantitative estimate of drug-likeness (QED) is 0.797. The van der Waals surface area contributed by atoms with E-state index in [0.29, 0.717) is 6.54 Å². The lowest BCUT2D eigenvalue weighted by atomic mass is 10.1. The number of halogens is 1. The number of carbonyl (C=O) groups excluding carboxylic acids is 1. The van der Waals surface area contributed by atoms with E-state index in [-0.39, 0.29) is 17.9 Å². The second kappa shape index (κ2) is 6.16. The van der Waals surface area contributed by atoms with Gasteiger partial charge < -0.3 is 16.2 Å². The summed E-state index contributed by atoms with van der Waals surface area (Å²) in [6.07, 6.45) is 0. The van der Waals surface area contributed by atoms with Crippen LogP contribution in [0, 0.1) is 5.82 Å². The molecule has 0 atom stereocenters. The maximum Gasteiger partial charge on any atom is 0.258 e. The molecule has 0 saturated heterocycles. The average molecular weight is 274 g/mol. The number of benzene rings is 2. The molecule has 0 aromatic heterocycles. The highest BCUT2D eigenvalue weighted by atomic mass is 19.1. The highest BCUT2D eigenvalue weighted by Crippen LogP contribution is 2.19. The fourth-order valence-corrected chi connectivity index (χ4v) is 1.80. The van der Waals surface area contributed by atoms with E-state index in [0.717, 1.165) is 17.2 Å². The molecular formula is C15H15FN2O2. The van der Waals surface area contributed by atoms with Crippen LogP contribution in [0.4, 0.5) is 4.39 Å². The smallest absolute Gasteiger partial charge is 0.258 e. The summed E-state index contributed by atoms with van der Waals surface area (Å²) in [5.41, 5.74) is 7.01. The number of nitrogens with two attached hydrogens (primary N) is 1. The Morgan fingerprint density at radius 1 is 1.15 bits per heavy atom. The van der Waals surface area contributed by atoms with E-state index in [2.05, 4.69) is 5.32 Å². The summed E-state index contributed by atoms with van der Waals surface area (Å²) < 4.78 is 13.5. The van der Waals surface area contributed by atoms with Crippen molar-refractivity contribution in [2.45, 2.75) is 13.1 Å². The molecule has 2 rings (SSSR count). The van der Waals surface area contributed by atoms with Crippen molar-refractivity contribution < 1.29 is 14.3 Å². The van der Waals surface area contributed by atoms with Crippen LogP contribution in [0.2, 0.25) is 0 Å². The molecule has 2 aromatic rings. The van der Waals surface area contributed by atoms with Crippen LogP contribution in [0.15, 0.2) is 42.5 Å². The normalized spacial score (nSPS) is 10.3. The summed E-state index contributed by atoms with van der Waals surface area (Å²) in [4.78, 5) is 11.9. The Morgan fingerprint density at radius 3 is 2.40 bits per heavy atom. The Bertz CT molecular complexity index is 592. The number of amides is 1. The molecule has 104 valence electrons. The highest BCUT2D eigenvalue weighted by molar-refractivity contribution is 5.97. The van der Waals surface area contributed by atoms with Crippen molar-refractivity contribution in [1.29, 1.82) is 0 Å². The SMILES string of the molecule is NCc1ccc(CNC(=O)c2c(O)cccc2F)cc1. The van der Waals surface area contributed by atoms with Crippen molar-refractivity contribution in [3.63, 3.8) is 0 Å². The van der Waals surface area contributed by atoms with Crippen molar-refractivity contribution in [2.75, 3.05) is 0 Å². The largest absolute Gasteiger partial charge is 0.507 e. The Morgan fingerprint density at radius 2 is 1.80 bits per heavy atom. The maximum absolute atomic E-state index is 13.5. The first-order valence-corrected chi connectivity index (χ1v) is 6.15. The van der Waals surface area contributed by atoms with Gasteiger partial charge in [-0.05, 0) is 23.3 Å². The number of nitrogens with one attached hydrogen (secondary N) is 1. The molecule has 4 N–H and O–H groups in total. The summed E-state index contributed by atoms with van der Waals surface area (Å²) in [6, 6.07) is 11.1. The van der Waals surface area contributed by atoms with E-state index in [9.17, 15) is 14.3 Å². The molecule has 0 spiro atoms. The second-order valence-electron chi connectivity index (χ2n) is 4.34. The zero-order valence-corrected chi connectivity index (χ0v) is 10.8. The van der Waals surface area contributed by atoms with Gasteiger partial charge in [-0.2, -0.15) is 0 Å². The minimum atomic E-state index is -0.749. The van der Waals surface area contributed by atoms with Gasteiger partial charge >= 0.3 is 0 Å². The molecule has 2 aromatic carbocycles. The van der Waals surface area contributed by atoms with Crippen molar-refractivity contribution >= 4 is 5.91 Å². The zero-order chi connectivity index (χ0) is 14.5. The van der Waals surface area contributed by atoms with Gasteiger partial charge in [0.15, 0.2) is 0 Å². The van der Waals surface area contributed by atoms with Gasteiger partial charge in [-0.3, -0.25) is 4.79 Å². The van der Waals surface area contributed by atoms with Crippen LogP contribution in [0.3, 0.4) is 0 Å². The first-order chi connectivity index (χ1) is 9.61. The second-order valence-corrected chi connectivity index (χ2v) is 4.34. The van der Waals surface area contributed by atoms with Gasteiger partial charge in [0.05, 0.1) is 0 Å². The number of carbonyl (C=O) groups is 1. The topological polar surface area (TPSA) is 75.3 Å². The van der Waals surface area contributed by atoms with E-state index in [4.69, 9.17) is 5.73 Å². The molecule has 0 radical (unpaired) electrons. The lowest BCUT2D eigenvalue weighted by Gasteiger charge is -2.08. The van der Waals surface area contributed by atoms with Crippen LogP contribution >= 0.6 is 0 Å². The number of hydrogen-bond donors (Lipinski definition) is 3. The lowest BCUT2D eigenvalue weighted by molar-refractivity contribution is 0.0944. The average Bonchev–Trinajstić information content (AvgIpc) is 2.45. The van der Waals surface area contributed by atoms with Gasteiger partial charge in [0.25, 0.3) is 5.91 Å². The first-order valence-electron chi connectivity index (χ1n) is 6.15. The minimum Gasteiger partial charge on any atom is -0.507 e. The summed E-state index contributed by atoms with van der Waals surface area (Å²) >= 11 is 0. The van der Waals surface area contributed by atoms with Crippen LogP contribution < -0.4 is 11.1 Å². The summed E-state index contributed by atoms with van der Waals surface area (Å²) in [7, 11) is 0. The molecule has 0 aliphatic rings. The molecule has 1 amide bonds. The first kappa shape index (κ1) is 14.0. The van der Waals surface area contributed by atoms with E-state index in [1.54, 1.807) is 0 Å². The van der Waals surface area contributed by atoms with E-state index >= 15 is 0 Å². The van der Waals surface area contributed by atoms with Crippen LogP contribution in [-0.2, 0) is 13.1 Å². The Kier molecular flexibility index (Phi) is 4.32.